The van der Waals surface area contributed by atoms with Crippen LogP contribution in [0.15, 0.2) is 0 Å². The summed E-state index contributed by atoms with van der Waals surface area (Å²) >= 11 is 0. The average molecular weight is 216 g/mol. The quantitative estimate of drug-likeness (QED) is 0.565. The van der Waals surface area contributed by atoms with Gasteiger partial charge in [-0.25, -0.2) is 0 Å². The van der Waals surface area contributed by atoms with Crippen molar-refractivity contribution < 1.29 is 9.53 Å². The summed E-state index contributed by atoms with van der Waals surface area (Å²) in [5.41, 5.74) is 0. The lowest BCUT2D eigenvalue weighted by molar-refractivity contribution is -0.167. The summed E-state index contributed by atoms with van der Waals surface area (Å²) in [6.07, 6.45) is 6.70. The summed E-state index contributed by atoms with van der Waals surface area (Å²) in [4.78, 5) is 0. The van der Waals surface area contributed by atoms with Crippen LogP contribution in [0, 0.1) is 5.92 Å². The van der Waals surface area contributed by atoms with Crippen molar-refractivity contribution in [3.05, 3.63) is 0 Å². The molecule has 0 aromatic rings. The molecular weight excluding hydrogens is 192 g/mol. The Labute approximate surface area is 89.4 Å². The Morgan fingerprint density at radius 1 is 1.50 bits per heavy atom. The Kier molecular flexibility index (Phi) is 4.61. The highest BCUT2D eigenvalue weighted by Crippen LogP contribution is 2.39. The van der Waals surface area contributed by atoms with E-state index in [0.717, 1.165) is 25.7 Å². The smallest absolute Gasteiger partial charge is 0.174 e. The predicted octanol–water partition coefficient (Wildman–Crippen LogP) is 2.67. The summed E-state index contributed by atoms with van der Waals surface area (Å²) in [5.74, 6) is -0.354. The van der Waals surface area contributed by atoms with Gasteiger partial charge in [0, 0.05) is 12.3 Å². The number of hydrogen-bond acceptors (Lipinski definition) is 2. The van der Waals surface area contributed by atoms with Crippen molar-refractivity contribution in [3.63, 3.8) is 0 Å². The van der Waals surface area contributed by atoms with Crippen LogP contribution >= 0.6 is 0 Å². The second-order valence-electron chi connectivity index (χ2n) is 4.74. The van der Waals surface area contributed by atoms with E-state index in [4.69, 9.17) is 4.43 Å². The fourth-order valence-electron chi connectivity index (χ4n) is 2.42. The topological polar surface area (TPSA) is 29.5 Å². The first kappa shape index (κ1) is 12.2. The Balaban J connectivity index is 2.47. The van der Waals surface area contributed by atoms with Gasteiger partial charge < -0.3 is 9.53 Å². The van der Waals surface area contributed by atoms with Crippen LogP contribution in [0.2, 0.25) is 13.1 Å². The molecule has 1 fully saturated rings. The van der Waals surface area contributed by atoms with Crippen molar-refractivity contribution in [1.29, 1.82) is 0 Å². The molecule has 0 amide bonds. The molecule has 1 aliphatic carbocycles. The number of unbranched alkanes of at least 4 members (excludes halogenated alkanes) is 1. The highest BCUT2D eigenvalue weighted by molar-refractivity contribution is 6.48. The SMILES string of the molecule is CCCCC1CCCC1(O)O[SiH](C)C. The normalized spacial score (nSPS) is 32.8. The molecule has 0 saturated heterocycles. The van der Waals surface area contributed by atoms with Gasteiger partial charge in [0.25, 0.3) is 0 Å². The van der Waals surface area contributed by atoms with Gasteiger partial charge >= 0.3 is 0 Å². The van der Waals surface area contributed by atoms with E-state index in [1.165, 1.54) is 12.8 Å². The van der Waals surface area contributed by atoms with E-state index in [-0.39, 0.29) is 0 Å². The number of rotatable bonds is 5. The minimum atomic E-state index is -1.11. The van der Waals surface area contributed by atoms with Gasteiger partial charge in [-0.15, -0.1) is 0 Å². The van der Waals surface area contributed by atoms with E-state index in [1.54, 1.807) is 0 Å². The van der Waals surface area contributed by atoms with Crippen molar-refractivity contribution in [1.82, 2.24) is 0 Å². The molecule has 2 unspecified atom stereocenters. The third kappa shape index (κ3) is 3.07. The molecule has 1 N–H and O–H groups in total. The summed E-state index contributed by atoms with van der Waals surface area (Å²) in [6, 6.07) is 0. The van der Waals surface area contributed by atoms with E-state index < -0.39 is 14.8 Å². The molecule has 0 heterocycles. The molecule has 0 aromatic heterocycles. The van der Waals surface area contributed by atoms with Gasteiger partial charge in [0.05, 0.1) is 0 Å². The maximum absolute atomic E-state index is 10.4. The van der Waals surface area contributed by atoms with E-state index >= 15 is 0 Å². The van der Waals surface area contributed by atoms with Crippen molar-refractivity contribution in [3.8, 4) is 0 Å². The summed E-state index contributed by atoms with van der Waals surface area (Å²) in [7, 11) is -1.11. The number of hydrogen-bond donors (Lipinski definition) is 1. The van der Waals surface area contributed by atoms with Crippen LogP contribution in [0.25, 0.3) is 0 Å². The van der Waals surface area contributed by atoms with Gasteiger partial charge in [0.2, 0.25) is 0 Å². The average Bonchev–Trinajstić information content (AvgIpc) is 2.42. The third-order valence-electron chi connectivity index (χ3n) is 3.07. The van der Waals surface area contributed by atoms with Gasteiger partial charge in [0.15, 0.2) is 14.8 Å². The minimum absolute atomic E-state index is 0.400. The molecule has 0 aliphatic heterocycles. The molecule has 14 heavy (non-hydrogen) atoms. The zero-order chi connectivity index (χ0) is 10.6. The largest absolute Gasteiger partial charge is 0.394 e. The first-order valence-corrected chi connectivity index (χ1v) is 8.76. The molecule has 0 radical (unpaired) electrons. The fraction of sp³-hybridized carbons (Fsp3) is 1.00. The predicted molar refractivity (Wildman–Crippen MR) is 61.8 cm³/mol. The maximum atomic E-state index is 10.4. The molecule has 0 spiro atoms. The lowest BCUT2D eigenvalue weighted by Crippen LogP contribution is -2.40. The molecule has 2 nitrogen and oxygen atoms in total. The zero-order valence-electron chi connectivity index (χ0n) is 9.75. The van der Waals surface area contributed by atoms with Crippen LogP contribution in [0.5, 0.6) is 0 Å². The molecule has 0 bridgehead atoms. The molecule has 0 aromatic carbocycles. The Morgan fingerprint density at radius 2 is 2.21 bits per heavy atom. The zero-order valence-corrected chi connectivity index (χ0v) is 10.9. The summed E-state index contributed by atoms with van der Waals surface area (Å²) in [5, 5.41) is 10.4. The molecule has 1 saturated carbocycles. The maximum Gasteiger partial charge on any atom is 0.174 e. The summed E-state index contributed by atoms with van der Waals surface area (Å²) < 4.78 is 5.80. The molecule has 2 atom stereocenters. The Hall–Kier alpha value is 0.137. The first-order chi connectivity index (χ1) is 6.58. The summed E-state index contributed by atoms with van der Waals surface area (Å²) in [6.45, 7) is 6.46. The van der Waals surface area contributed by atoms with E-state index in [9.17, 15) is 5.11 Å². The van der Waals surface area contributed by atoms with Gasteiger partial charge in [-0.2, -0.15) is 0 Å². The van der Waals surface area contributed by atoms with Crippen molar-refractivity contribution >= 4 is 9.04 Å². The second kappa shape index (κ2) is 5.28. The molecule has 84 valence electrons. The Morgan fingerprint density at radius 3 is 2.79 bits per heavy atom. The third-order valence-corrected chi connectivity index (χ3v) is 3.95. The van der Waals surface area contributed by atoms with Gasteiger partial charge in [-0.3, -0.25) is 0 Å². The van der Waals surface area contributed by atoms with Crippen LogP contribution in [-0.4, -0.2) is 19.9 Å². The lowest BCUT2D eigenvalue weighted by atomic mass is 9.96. The van der Waals surface area contributed by atoms with Crippen molar-refractivity contribution in [2.75, 3.05) is 0 Å². The molecule has 3 heteroatoms. The highest BCUT2D eigenvalue weighted by Gasteiger charge is 2.41. The van der Waals surface area contributed by atoms with Gasteiger partial charge in [-0.1, -0.05) is 19.8 Å². The number of aliphatic hydroxyl groups is 1. The van der Waals surface area contributed by atoms with Gasteiger partial charge in [-0.05, 0) is 32.4 Å². The van der Waals surface area contributed by atoms with E-state index in [0.29, 0.717) is 5.92 Å². The van der Waals surface area contributed by atoms with Crippen LogP contribution in [0.3, 0.4) is 0 Å². The first-order valence-electron chi connectivity index (χ1n) is 5.98. The standard InChI is InChI=1S/C11H24O2Si/c1-4-5-7-10-8-6-9-11(10,12)13-14(2)3/h10,12,14H,4-9H2,1-3H3. The molecular formula is C11H24O2Si. The van der Waals surface area contributed by atoms with E-state index in [1.807, 2.05) is 0 Å². The Bertz CT molecular complexity index is 173. The van der Waals surface area contributed by atoms with Crippen molar-refractivity contribution in [2.45, 2.75) is 64.3 Å². The van der Waals surface area contributed by atoms with E-state index in [2.05, 4.69) is 20.0 Å². The highest BCUT2D eigenvalue weighted by atomic mass is 28.3. The lowest BCUT2D eigenvalue weighted by Gasteiger charge is -2.32. The second-order valence-corrected chi connectivity index (χ2v) is 7.08. The molecule has 1 aliphatic rings. The van der Waals surface area contributed by atoms with Crippen LogP contribution in [0.1, 0.15) is 45.4 Å². The molecule has 1 rings (SSSR count). The minimum Gasteiger partial charge on any atom is -0.394 e. The fourth-order valence-corrected chi connectivity index (χ4v) is 3.54. The van der Waals surface area contributed by atoms with Crippen molar-refractivity contribution in [2.24, 2.45) is 5.92 Å². The van der Waals surface area contributed by atoms with Gasteiger partial charge in [0.1, 0.15) is 0 Å². The van der Waals surface area contributed by atoms with Crippen LogP contribution in [-0.2, 0) is 4.43 Å². The van der Waals surface area contributed by atoms with Crippen LogP contribution < -0.4 is 0 Å². The monoisotopic (exact) mass is 216 g/mol. The van der Waals surface area contributed by atoms with Crippen LogP contribution in [0.4, 0.5) is 0 Å².